The molecule has 1 saturated heterocycles. The van der Waals surface area contributed by atoms with Crippen molar-refractivity contribution in [2.75, 3.05) is 37.2 Å². The standard InChI is InChI=1S/C11H18N6O2/c12-10-9(17(18)19)11(15-8-14-10)13-4-3-7-16-5-1-2-6-16/h8H,1-7H2,(H3,12,13,14,15). The average molecular weight is 266 g/mol. The summed E-state index contributed by atoms with van der Waals surface area (Å²) in [6.45, 7) is 3.94. The Hall–Kier alpha value is -1.96. The van der Waals surface area contributed by atoms with Gasteiger partial charge in [0.05, 0.1) is 4.92 Å². The van der Waals surface area contributed by atoms with Crippen molar-refractivity contribution < 1.29 is 4.92 Å². The van der Waals surface area contributed by atoms with E-state index in [1.807, 2.05) is 0 Å². The lowest BCUT2D eigenvalue weighted by Gasteiger charge is -2.14. The summed E-state index contributed by atoms with van der Waals surface area (Å²) in [4.78, 5) is 20.2. The summed E-state index contributed by atoms with van der Waals surface area (Å²) in [6.07, 6.45) is 4.68. The van der Waals surface area contributed by atoms with Gasteiger partial charge in [-0.3, -0.25) is 10.1 Å². The van der Waals surface area contributed by atoms with Crippen molar-refractivity contribution in [2.24, 2.45) is 0 Å². The number of aromatic nitrogens is 2. The lowest BCUT2D eigenvalue weighted by molar-refractivity contribution is -0.383. The SMILES string of the molecule is Nc1ncnc(NCCCN2CCCC2)c1[N+](=O)[O-]. The zero-order valence-electron chi connectivity index (χ0n) is 10.7. The highest BCUT2D eigenvalue weighted by molar-refractivity contribution is 5.67. The second kappa shape index (κ2) is 6.28. The Morgan fingerprint density at radius 1 is 1.42 bits per heavy atom. The van der Waals surface area contributed by atoms with Gasteiger partial charge in [0, 0.05) is 6.54 Å². The first-order chi connectivity index (χ1) is 9.18. The lowest BCUT2D eigenvalue weighted by Crippen LogP contribution is -2.22. The van der Waals surface area contributed by atoms with E-state index in [9.17, 15) is 10.1 Å². The van der Waals surface area contributed by atoms with E-state index in [1.165, 1.54) is 19.2 Å². The van der Waals surface area contributed by atoms with Crippen molar-refractivity contribution in [3.8, 4) is 0 Å². The first-order valence-corrected chi connectivity index (χ1v) is 6.39. The summed E-state index contributed by atoms with van der Waals surface area (Å²) in [6, 6.07) is 0. The highest BCUT2D eigenvalue weighted by Gasteiger charge is 2.20. The Bertz CT molecular complexity index is 447. The number of hydrogen-bond donors (Lipinski definition) is 2. The Morgan fingerprint density at radius 3 is 2.84 bits per heavy atom. The van der Waals surface area contributed by atoms with Crippen LogP contribution in [0.5, 0.6) is 0 Å². The number of nitrogens with zero attached hydrogens (tertiary/aromatic N) is 4. The van der Waals surface area contributed by atoms with Gasteiger partial charge in [-0.2, -0.15) is 0 Å². The Balaban J connectivity index is 1.85. The van der Waals surface area contributed by atoms with Gasteiger partial charge in [0.15, 0.2) is 0 Å². The van der Waals surface area contributed by atoms with Crippen LogP contribution in [0.1, 0.15) is 19.3 Å². The average Bonchev–Trinajstić information content (AvgIpc) is 2.87. The minimum absolute atomic E-state index is 0.109. The van der Waals surface area contributed by atoms with Crippen LogP contribution >= 0.6 is 0 Å². The third kappa shape index (κ3) is 3.50. The minimum Gasteiger partial charge on any atom is -0.378 e. The summed E-state index contributed by atoms with van der Waals surface area (Å²) in [5.41, 5.74) is 5.24. The van der Waals surface area contributed by atoms with Crippen LogP contribution in [0, 0.1) is 10.1 Å². The predicted octanol–water partition coefficient (Wildman–Crippen LogP) is 0.865. The maximum atomic E-state index is 10.9. The molecule has 1 aliphatic heterocycles. The molecule has 0 spiro atoms. The second-order valence-corrected chi connectivity index (χ2v) is 4.54. The van der Waals surface area contributed by atoms with Crippen LogP contribution in [-0.4, -0.2) is 46.0 Å². The van der Waals surface area contributed by atoms with Crippen molar-refractivity contribution in [2.45, 2.75) is 19.3 Å². The van der Waals surface area contributed by atoms with E-state index >= 15 is 0 Å². The zero-order valence-corrected chi connectivity index (χ0v) is 10.7. The van der Waals surface area contributed by atoms with Crippen LogP contribution in [0.15, 0.2) is 6.33 Å². The largest absolute Gasteiger partial charge is 0.378 e. The smallest absolute Gasteiger partial charge is 0.352 e. The monoisotopic (exact) mass is 266 g/mol. The van der Waals surface area contributed by atoms with E-state index in [-0.39, 0.29) is 17.3 Å². The number of nitrogens with one attached hydrogen (secondary N) is 1. The molecule has 0 unspecified atom stereocenters. The molecule has 2 heterocycles. The summed E-state index contributed by atoms with van der Waals surface area (Å²) >= 11 is 0. The third-order valence-corrected chi connectivity index (χ3v) is 3.18. The molecule has 3 N–H and O–H groups in total. The molecule has 104 valence electrons. The van der Waals surface area contributed by atoms with Gasteiger partial charge in [-0.15, -0.1) is 0 Å². The molecule has 8 nitrogen and oxygen atoms in total. The lowest BCUT2D eigenvalue weighted by atomic mass is 10.3. The van der Waals surface area contributed by atoms with Gasteiger partial charge in [0.2, 0.25) is 11.6 Å². The predicted molar refractivity (Wildman–Crippen MR) is 71.9 cm³/mol. The molecule has 0 radical (unpaired) electrons. The molecule has 0 saturated carbocycles. The normalized spacial score (nSPS) is 15.6. The summed E-state index contributed by atoms with van der Waals surface area (Å²) in [7, 11) is 0. The molecular weight excluding hydrogens is 248 g/mol. The van der Waals surface area contributed by atoms with Crippen molar-refractivity contribution in [3.63, 3.8) is 0 Å². The molecule has 1 aromatic rings. The number of nitrogens with two attached hydrogens (primary N) is 1. The van der Waals surface area contributed by atoms with E-state index in [2.05, 4.69) is 20.2 Å². The third-order valence-electron chi connectivity index (χ3n) is 3.18. The van der Waals surface area contributed by atoms with Crippen molar-refractivity contribution in [1.29, 1.82) is 0 Å². The zero-order chi connectivity index (χ0) is 13.7. The van der Waals surface area contributed by atoms with Crippen LogP contribution in [0.3, 0.4) is 0 Å². The van der Waals surface area contributed by atoms with Crippen molar-refractivity contribution in [1.82, 2.24) is 14.9 Å². The van der Waals surface area contributed by atoms with Gasteiger partial charge in [-0.1, -0.05) is 0 Å². The maximum absolute atomic E-state index is 10.9. The Labute approximate surface area is 111 Å². The number of rotatable bonds is 6. The van der Waals surface area contributed by atoms with E-state index in [0.717, 1.165) is 26.1 Å². The molecular formula is C11H18N6O2. The number of anilines is 2. The highest BCUT2D eigenvalue weighted by atomic mass is 16.6. The maximum Gasteiger partial charge on any atom is 0.352 e. The highest BCUT2D eigenvalue weighted by Crippen LogP contribution is 2.25. The van der Waals surface area contributed by atoms with Crippen LogP contribution in [0.2, 0.25) is 0 Å². The van der Waals surface area contributed by atoms with Crippen LogP contribution in [-0.2, 0) is 0 Å². The first kappa shape index (κ1) is 13.5. The number of likely N-dealkylation sites (tertiary alicyclic amines) is 1. The first-order valence-electron chi connectivity index (χ1n) is 6.39. The molecule has 0 atom stereocenters. The molecule has 0 aromatic carbocycles. The number of hydrogen-bond acceptors (Lipinski definition) is 7. The quantitative estimate of drug-likeness (QED) is 0.446. The fourth-order valence-corrected chi connectivity index (χ4v) is 2.22. The molecule has 0 aliphatic carbocycles. The molecule has 0 bridgehead atoms. The van der Waals surface area contributed by atoms with Crippen LogP contribution in [0.25, 0.3) is 0 Å². The number of nitrogen functional groups attached to an aromatic ring is 1. The Morgan fingerprint density at radius 2 is 2.16 bits per heavy atom. The summed E-state index contributed by atoms with van der Waals surface area (Å²) < 4.78 is 0. The van der Waals surface area contributed by atoms with E-state index in [0.29, 0.717) is 6.54 Å². The minimum atomic E-state index is -0.557. The molecule has 8 heteroatoms. The topological polar surface area (TPSA) is 110 Å². The van der Waals surface area contributed by atoms with Crippen molar-refractivity contribution in [3.05, 3.63) is 16.4 Å². The van der Waals surface area contributed by atoms with E-state index < -0.39 is 4.92 Å². The van der Waals surface area contributed by atoms with Gasteiger partial charge in [0.1, 0.15) is 6.33 Å². The fraction of sp³-hybridized carbons (Fsp3) is 0.636. The van der Waals surface area contributed by atoms with Gasteiger partial charge in [-0.05, 0) is 38.9 Å². The van der Waals surface area contributed by atoms with Crippen LogP contribution < -0.4 is 11.1 Å². The second-order valence-electron chi connectivity index (χ2n) is 4.54. The molecule has 1 fully saturated rings. The molecule has 2 rings (SSSR count). The summed E-state index contributed by atoms with van der Waals surface area (Å²) in [5, 5.41) is 13.8. The molecule has 1 aliphatic rings. The van der Waals surface area contributed by atoms with Gasteiger partial charge < -0.3 is 16.0 Å². The van der Waals surface area contributed by atoms with E-state index in [1.54, 1.807) is 0 Å². The molecule has 19 heavy (non-hydrogen) atoms. The molecule has 0 amide bonds. The Kier molecular flexibility index (Phi) is 4.45. The molecule has 1 aromatic heterocycles. The fourth-order valence-electron chi connectivity index (χ4n) is 2.22. The number of nitro groups is 1. The van der Waals surface area contributed by atoms with Gasteiger partial charge >= 0.3 is 5.69 Å². The van der Waals surface area contributed by atoms with Crippen LogP contribution in [0.4, 0.5) is 17.3 Å². The van der Waals surface area contributed by atoms with E-state index in [4.69, 9.17) is 5.73 Å². The van der Waals surface area contributed by atoms with Crippen molar-refractivity contribution >= 4 is 17.3 Å². The summed E-state index contributed by atoms with van der Waals surface area (Å²) in [5.74, 6) is 0.0842. The van der Waals surface area contributed by atoms with Gasteiger partial charge in [-0.25, -0.2) is 9.97 Å². The van der Waals surface area contributed by atoms with Gasteiger partial charge in [0.25, 0.3) is 0 Å².